The molecule has 0 atom stereocenters. The minimum absolute atomic E-state index is 0.531. The second-order valence-electron chi connectivity index (χ2n) is 5.12. The molecule has 1 amide bonds. The van der Waals surface area contributed by atoms with Crippen LogP contribution in [0.3, 0.4) is 0 Å². The molecule has 0 bridgehead atoms. The fourth-order valence-corrected chi connectivity index (χ4v) is 3.01. The Balaban J connectivity index is 1.72. The first kappa shape index (κ1) is 16.6. The molecule has 0 fully saturated rings. The van der Waals surface area contributed by atoms with E-state index in [1.54, 1.807) is 23.5 Å². The number of carboxylic acid groups (broad SMARTS) is 1. The van der Waals surface area contributed by atoms with Crippen LogP contribution in [0.15, 0.2) is 72.1 Å². The number of carbonyl (C=O) groups excluding carboxylic acids is 2. The van der Waals surface area contributed by atoms with E-state index < -0.39 is 11.9 Å². The quantitative estimate of drug-likeness (QED) is 0.718. The largest absolute Gasteiger partial charge is 0.545 e. The Morgan fingerprint density at radius 2 is 1.68 bits per heavy atom. The fraction of sp³-hybridized carbons (Fsp3) is 0. The fourth-order valence-electron chi connectivity index (χ4n) is 2.17. The van der Waals surface area contributed by atoms with E-state index in [1.165, 1.54) is 0 Å². The van der Waals surface area contributed by atoms with Gasteiger partial charge in [0.05, 0.1) is 11.7 Å². The molecule has 25 heavy (non-hydrogen) atoms. The van der Waals surface area contributed by atoms with Gasteiger partial charge in [0.1, 0.15) is 5.01 Å². The van der Waals surface area contributed by atoms with Gasteiger partial charge in [-0.1, -0.05) is 42.5 Å². The van der Waals surface area contributed by atoms with Crippen LogP contribution in [0.1, 0.15) is 0 Å². The second-order valence-corrected chi connectivity index (χ2v) is 5.98. The molecule has 0 saturated heterocycles. The van der Waals surface area contributed by atoms with Crippen LogP contribution in [0.2, 0.25) is 0 Å². The molecule has 124 valence electrons. The van der Waals surface area contributed by atoms with E-state index in [0.717, 1.165) is 27.9 Å². The van der Waals surface area contributed by atoms with E-state index >= 15 is 0 Å². The lowest BCUT2D eigenvalue weighted by atomic mass is 10.1. The summed E-state index contributed by atoms with van der Waals surface area (Å²) in [4.78, 5) is 26.4. The molecule has 0 aliphatic rings. The van der Waals surface area contributed by atoms with Gasteiger partial charge >= 0.3 is 0 Å². The Hall–Kier alpha value is -3.25. The number of amides is 1. The number of aliphatic carboxylic acids is 1. The number of aromatic nitrogens is 1. The van der Waals surface area contributed by atoms with Crippen molar-refractivity contribution in [3.8, 4) is 21.8 Å². The van der Waals surface area contributed by atoms with Gasteiger partial charge in [-0.3, -0.25) is 4.79 Å². The van der Waals surface area contributed by atoms with Crippen molar-refractivity contribution in [3.63, 3.8) is 0 Å². The molecule has 0 radical (unpaired) electrons. The zero-order valence-corrected chi connectivity index (χ0v) is 13.8. The van der Waals surface area contributed by atoms with Crippen molar-refractivity contribution in [3.05, 3.63) is 72.1 Å². The van der Waals surface area contributed by atoms with Gasteiger partial charge < -0.3 is 15.2 Å². The van der Waals surface area contributed by atoms with E-state index in [-0.39, 0.29) is 0 Å². The van der Waals surface area contributed by atoms with Gasteiger partial charge in [0, 0.05) is 28.3 Å². The molecular weight excluding hydrogens is 336 g/mol. The standard InChI is InChI=1S/C19H14N2O3S/c22-17(10-11-18(23)24)20-15-8-6-13(7-9-15)16-12-25-19(21-16)14-4-2-1-3-5-14/h1-12H,(H,20,22)(H,23,24)/p-1/b11-10-. The average Bonchev–Trinajstić information content (AvgIpc) is 3.11. The first-order chi connectivity index (χ1) is 12.1. The van der Waals surface area contributed by atoms with Gasteiger partial charge in [-0.2, -0.15) is 0 Å². The normalized spacial score (nSPS) is 10.7. The summed E-state index contributed by atoms with van der Waals surface area (Å²) < 4.78 is 0. The van der Waals surface area contributed by atoms with Crippen molar-refractivity contribution in [2.45, 2.75) is 0 Å². The van der Waals surface area contributed by atoms with Crippen molar-refractivity contribution in [1.29, 1.82) is 0 Å². The van der Waals surface area contributed by atoms with Crippen molar-refractivity contribution < 1.29 is 14.7 Å². The summed E-state index contributed by atoms with van der Waals surface area (Å²) in [5, 5.41) is 15.8. The highest BCUT2D eigenvalue weighted by Crippen LogP contribution is 2.29. The van der Waals surface area contributed by atoms with Gasteiger partial charge in [0.15, 0.2) is 0 Å². The number of nitrogens with one attached hydrogen (secondary N) is 1. The predicted molar refractivity (Wildman–Crippen MR) is 95.8 cm³/mol. The number of hydrogen-bond acceptors (Lipinski definition) is 5. The molecule has 0 aliphatic carbocycles. The Labute approximate surface area is 148 Å². The SMILES string of the molecule is O=C([O-])/C=C\C(=O)Nc1ccc(-c2csc(-c3ccccc3)n2)cc1. The lowest BCUT2D eigenvalue weighted by molar-refractivity contribution is -0.297. The van der Waals surface area contributed by atoms with E-state index in [0.29, 0.717) is 11.8 Å². The number of carboxylic acids is 1. The maximum absolute atomic E-state index is 11.5. The summed E-state index contributed by atoms with van der Waals surface area (Å²) >= 11 is 1.57. The Morgan fingerprint density at radius 3 is 2.36 bits per heavy atom. The molecule has 5 nitrogen and oxygen atoms in total. The molecule has 3 aromatic rings. The molecule has 2 aromatic carbocycles. The van der Waals surface area contributed by atoms with E-state index in [9.17, 15) is 14.7 Å². The van der Waals surface area contributed by atoms with E-state index in [1.807, 2.05) is 47.8 Å². The summed E-state index contributed by atoms with van der Waals surface area (Å²) in [6.45, 7) is 0. The molecule has 6 heteroatoms. The zero-order valence-electron chi connectivity index (χ0n) is 13.0. The maximum Gasteiger partial charge on any atom is 0.248 e. The van der Waals surface area contributed by atoms with Crippen LogP contribution in [0, 0.1) is 0 Å². The van der Waals surface area contributed by atoms with Crippen LogP contribution in [-0.2, 0) is 9.59 Å². The Bertz CT molecular complexity index is 915. The van der Waals surface area contributed by atoms with Crippen LogP contribution < -0.4 is 10.4 Å². The van der Waals surface area contributed by atoms with Gasteiger partial charge in [-0.25, -0.2) is 4.98 Å². The lowest BCUT2D eigenvalue weighted by Gasteiger charge is -2.03. The predicted octanol–water partition coefficient (Wildman–Crippen LogP) is 2.72. The van der Waals surface area contributed by atoms with E-state index in [4.69, 9.17) is 0 Å². The average molecular weight is 349 g/mol. The third-order valence-corrected chi connectivity index (χ3v) is 4.24. The molecule has 1 aromatic heterocycles. The highest BCUT2D eigenvalue weighted by molar-refractivity contribution is 7.13. The first-order valence-corrected chi connectivity index (χ1v) is 8.31. The minimum Gasteiger partial charge on any atom is -0.545 e. The molecule has 0 aliphatic heterocycles. The molecule has 1 N–H and O–H groups in total. The van der Waals surface area contributed by atoms with Crippen LogP contribution in [-0.4, -0.2) is 16.9 Å². The van der Waals surface area contributed by atoms with Crippen molar-refractivity contribution in [1.82, 2.24) is 4.98 Å². The lowest BCUT2D eigenvalue weighted by Crippen LogP contribution is -2.20. The molecule has 0 spiro atoms. The number of nitrogens with zero attached hydrogens (tertiary/aromatic N) is 1. The molecule has 1 heterocycles. The number of rotatable bonds is 5. The van der Waals surface area contributed by atoms with Crippen molar-refractivity contribution in [2.75, 3.05) is 5.32 Å². The highest BCUT2D eigenvalue weighted by Gasteiger charge is 2.06. The number of hydrogen-bond donors (Lipinski definition) is 1. The topological polar surface area (TPSA) is 82.1 Å². The van der Waals surface area contributed by atoms with E-state index in [2.05, 4.69) is 10.3 Å². The number of thiazole rings is 1. The first-order valence-electron chi connectivity index (χ1n) is 7.43. The van der Waals surface area contributed by atoms with Gasteiger partial charge in [0.25, 0.3) is 0 Å². The second kappa shape index (κ2) is 7.55. The van der Waals surface area contributed by atoms with Crippen LogP contribution in [0.25, 0.3) is 21.8 Å². The van der Waals surface area contributed by atoms with Crippen molar-refractivity contribution in [2.24, 2.45) is 0 Å². The van der Waals surface area contributed by atoms with Gasteiger partial charge in [-0.05, 0) is 18.2 Å². The third kappa shape index (κ3) is 4.39. The minimum atomic E-state index is -1.41. The van der Waals surface area contributed by atoms with Crippen LogP contribution in [0.5, 0.6) is 0 Å². The monoisotopic (exact) mass is 349 g/mol. The summed E-state index contributed by atoms with van der Waals surface area (Å²) in [7, 11) is 0. The Kier molecular flexibility index (Phi) is 5.01. The van der Waals surface area contributed by atoms with Gasteiger partial charge in [0.2, 0.25) is 5.91 Å². The maximum atomic E-state index is 11.5. The molecular formula is C19H13N2O3S-. The molecule has 3 rings (SSSR count). The van der Waals surface area contributed by atoms with Crippen LogP contribution in [0.4, 0.5) is 5.69 Å². The summed E-state index contributed by atoms with van der Waals surface area (Å²) in [6.07, 6.45) is 1.60. The highest BCUT2D eigenvalue weighted by atomic mass is 32.1. The summed E-state index contributed by atoms with van der Waals surface area (Å²) in [5.74, 6) is -1.94. The smallest absolute Gasteiger partial charge is 0.248 e. The van der Waals surface area contributed by atoms with Crippen molar-refractivity contribution >= 4 is 28.9 Å². The molecule has 0 unspecified atom stereocenters. The molecule has 0 saturated carbocycles. The summed E-state index contributed by atoms with van der Waals surface area (Å²) in [5.41, 5.74) is 3.43. The number of carbonyl (C=O) groups is 2. The number of anilines is 1. The Morgan fingerprint density at radius 1 is 0.960 bits per heavy atom. The zero-order chi connectivity index (χ0) is 17.6. The van der Waals surface area contributed by atoms with Crippen LogP contribution >= 0.6 is 11.3 Å². The third-order valence-electron chi connectivity index (χ3n) is 3.34. The van der Waals surface area contributed by atoms with Gasteiger partial charge in [-0.15, -0.1) is 11.3 Å². The summed E-state index contributed by atoms with van der Waals surface area (Å²) in [6, 6.07) is 17.1. The number of benzene rings is 2.